The van der Waals surface area contributed by atoms with E-state index in [0.29, 0.717) is 12.5 Å². The van der Waals surface area contributed by atoms with Gasteiger partial charge in [-0.2, -0.15) is 0 Å². The molecule has 0 aliphatic rings. The molecule has 0 fully saturated rings. The molecule has 1 aromatic rings. The summed E-state index contributed by atoms with van der Waals surface area (Å²) in [5, 5.41) is 9.17. The van der Waals surface area contributed by atoms with Gasteiger partial charge in [-0.15, -0.1) is 0 Å². The number of carboxylic acid groups (broad SMARTS) is 1. The molecule has 0 atom stereocenters. The fraction of sp³-hybridized carbons (Fsp3) is 0.500. The van der Waals surface area contributed by atoms with Crippen molar-refractivity contribution in [1.82, 2.24) is 4.98 Å². The average Bonchev–Trinajstić information content (AvgIpc) is 2.23. The van der Waals surface area contributed by atoms with Crippen molar-refractivity contribution in [1.29, 1.82) is 0 Å². The zero-order valence-electron chi connectivity index (χ0n) is 9.94. The number of carbonyl (C=O) groups is 1. The topological polar surface area (TPSA) is 59.4 Å². The maximum atomic E-state index is 10.9. The Balaban J connectivity index is 2.62. The first-order valence-electron chi connectivity index (χ1n) is 5.53. The molecular weight excluding hydrogens is 242 g/mol. The molecule has 1 N–H and O–H groups in total. The second-order valence-corrected chi connectivity index (χ2v) is 4.56. The van der Waals surface area contributed by atoms with Gasteiger partial charge < -0.3 is 9.84 Å². The summed E-state index contributed by atoms with van der Waals surface area (Å²) in [5.74, 6) is -0.369. The predicted octanol–water partition coefficient (Wildman–Crippen LogP) is 3.25. The van der Waals surface area contributed by atoms with Crippen LogP contribution < -0.4 is 4.74 Å². The summed E-state index contributed by atoms with van der Waals surface area (Å²) in [7, 11) is 0. The summed E-state index contributed by atoms with van der Waals surface area (Å²) in [5.41, 5.74) is 0.0407. The highest BCUT2D eigenvalue weighted by Gasteiger charge is 2.13. The molecule has 4 nitrogen and oxygen atoms in total. The maximum Gasteiger partial charge on any atom is 0.341 e. The van der Waals surface area contributed by atoms with Gasteiger partial charge in [-0.1, -0.05) is 25.4 Å². The van der Waals surface area contributed by atoms with Crippen molar-refractivity contribution in [3.8, 4) is 5.88 Å². The lowest BCUT2D eigenvalue weighted by atomic mass is 10.1. The number of halogens is 1. The monoisotopic (exact) mass is 257 g/mol. The molecule has 0 saturated heterocycles. The van der Waals surface area contributed by atoms with Crippen LogP contribution in [0.1, 0.15) is 37.0 Å². The zero-order chi connectivity index (χ0) is 12.8. The van der Waals surface area contributed by atoms with Crippen LogP contribution in [0, 0.1) is 5.92 Å². The average molecular weight is 258 g/mol. The van der Waals surface area contributed by atoms with Crippen LogP contribution in [0.25, 0.3) is 0 Å². The Labute approximate surface area is 106 Å². The minimum Gasteiger partial charge on any atom is -0.477 e. The van der Waals surface area contributed by atoms with Gasteiger partial charge in [0.05, 0.1) is 6.61 Å². The molecule has 1 aromatic heterocycles. The molecule has 94 valence electrons. The number of aromatic nitrogens is 1. The largest absolute Gasteiger partial charge is 0.477 e. The molecule has 0 saturated carbocycles. The number of hydrogen-bond donors (Lipinski definition) is 1. The maximum absolute atomic E-state index is 10.9. The summed E-state index contributed by atoms with van der Waals surface area (Å²) >= 11 is 5.70. The molecule has 1 rings (SSSR count). The van der Waals surface area contributed by atoms with Crippen LogP contribution in [0.2, 0.25) is 5.15 Å². The van der Waals surface area contributed by atoms with E-state index in [2.05, 4.69) is 18.8 Å². The molecule has 5 heteroatoms. The standard InChI is InChI=1S/C12H16ClNO3/c1-8(2)4-3-7-17-11-9(12(15)16)5-6-10(13)14-11/h5-6,8H,3-4,7H2,1-2H3,(H,15,16). The van der Waals surface area contributed by atoms with Gasteiger partial charge in [-0.3, -0.25) is 0 Å². The van der Waals surface area contributed by atoms with Gasteiger partial charge in [0.2, 0.25) is 5.88 Å². The number of carboxylic acids is 1. The number of pyridine rings is 1. The van der Waals surface area contributed by atoms with Crippen LogP contribution in [0.4, 0.5) is 0 Å². The Morgan fingerprint density at radius 3 is 2.82 bits per heavy atom. The quantitative estimate of drug-likeness (QED) is 0.628. The molecule has 0 aliphatic heterocycles. The Morgan fingerprint density at radius 1 is 1.53 bits per heavy atom. The van der Waals surface area contributed by atoms with Gasteiger partial charge in [0, 0.05) is 0 Å². The molecule has 0 bridgehead atoms. The highest BCUT2D eigenvalue weighted by molar-refractivity contribution is 6.29. The van der Waals surface area contributed by atoms with Gasteiger partial charge in [0.1, 0.15) is 10.7 Å². The van der Waals surface area contributed by atoms with Crippen molar-refractivity contribution in [2.24, 2.45) is 5.92 Å². The molecule has 1 heterocycles. The van der Waals surface area contributed by atoms with Gasteiger partial charge in [0.25, 0.3) is 0 Å². The van der Waals surface area contributed by atoms with Crippen molar-refractivity contribution in [2.75, 3.05) is 6.61 Å². The third kappa shape index (κ3) is 4.61. The minimum atomic E-state index is -1.06. The predicted molar refractivity (Wildman–Crippen MR) is 65.8 cm³/mol. The minimum absolute atomic E-state index is 0.0407. The van der Waals surface area contributed by atoms with Crippen LogP contribution in [-0.4, -0.2) is 22.7 Å². The zero-order valence-corrected chi connectivity index (χ0v) is 10.7. The van der Waals surface area contributed by atoms with Crippen molar-refractivity contribution in [2.45, 2.75) is 26.7 Å². The van der Waals surface area contributed by atoms with E-state index in [1.165, 1.54) is 12.1 Å². The van der Waals surface area contributed by atoms with Crippen LogP contribution >= 0.6 is 11.6 Å². The van der Waals surface area contributed by atoms with E-state index in [-0.39, 0.29) is 16.6 Å². The first-order valence-corrected chi connectivity index (χ1v) is 5.91. The van der Waals surface area contributed by atoms with E-state index in [0.717, 1.165) is 12.8 Å². The van der Waals surface area contributed by atoms with Crippen LogP contribution in [0.3, 0.4) is 0 Å². The third-order valence-electron chi connectivity index (χ3n) is 2.22. The second kappa shape index (κ2) is 6.45. The number of rotatable bonds is 6. The highest BCUT2D eigenvalue weighted by atomic mass is 35.5. The number of nitrogens with zero attached hydrogens (tertiary/aromatic N) is 1. The summed E-state index contributed by atoms with van der Waals surface area (Å²) in [6.07, 6.45) is 1.90. The van der Waals surface area contributed by atoms with Crippen LogP contribution in [0.5, 0.6) is 5.88 Å². The van der Waals surface area contributed by atoms with E-state index >= 15 is 0 Å². The SMILES string of the molecule is CC(C)CCCOc1nc(Cl)ccc1C(=O)O. The summed E-state index contributed by atoms with van der Waals surface area (Å²) in [6.45, 7) is 4.70. The van der Waals surface area contributed by atoms with Gasteiger partial charge in [0.15, 0.2) is 0 Å². The Kier molecular flexibility index (Phi) is 5.22. The molecular formula is C12H16ClNO3. The van der Waals surface area contributed by atoms with E-state index in [4.69, 9.17) is 21.4 Å². The van der Waals surface area contributed by atoms with E-state index in [1.54, 1.807) is 0 Å². The molecule has 0 amide bonds. The molecule has 0 spiro atoms. The Bertz CT molecular complexity index is 393. The number of ether oxygens (including phenoxy) is 1. The Morgan fingerprint density at radius 2 is 2.24 bits per heavy atom. The van der Waals surface area contributed by atoms with Crippen molar-refractivity contribution in [3.63, 3.8) is 0 Å². The number of hydrogen-bond acceptors (Lipinski definition) is 3. The molecule has 0 aromatic carbocycles. The van der Waals surface area contributed by atoms with Gasteiger partial charge in [-0.05, 0) is 30.9 Å². The normalized spacial score (nSPS) is 10.6. The fourth-order valence-electron chi connectivity index (χ4n) is 1.35. The first kappa shape index (κ1) is 13.8. The second-order valence-electron chi connectivity index (χ2n) is 4.18. The van der Waals surface area contributed by atoms with Crippen molar-refractivity contribution in [3.05, 3.63) is 22.8 Å². The van der Waals surface area contributed by atoms with Gasteiger partial charge in [-0.25, -0.2) is 9.78 Å². The van der Waals surface area contributed by atoms with Crippen molar-refractivity contribution >= 4 is 17.6 Å². The summed E-state index contributed by atoms with van der Waals surface area (Å²) in [6, 6.07) is 2.83. The first-order chi connectivity index (χ1) is 8.00. The third-order valence-corrected chi connectivity index (χ3v) is 2.43. The fourth-order valence-corrected chi connectivity index (χ4v) is 1.49. The Hall–Kier alpha value is -1.29. The molecule has 0 radical (unpaired) electrons. The van der Waals surface area contributed by atoms with E-state index < -0.39 is 5.97 Å². The van der Waals surface area contributed by atoms with E-state index in [9.17, 15) is 4.79 Å². The van der Waals surface area contributed by atoms with E-state index in [1.807, 2.05) is 0 Å². The smallest absolute Gasteiger partial charge is 0.341 e. The lowest BCUT2D eigenvalue weighted by Gasteiger charge is -2.09. The molecule has 0 unspecified atom stereocenters. The van der Waals surface area contributed by atoms with Crippen LogP contribution in [0.15, 0.2) is 12.1 Å². The lowest BCUT2D eigenvalue weighted by molar-refractivity contribution is 0.0691. The lowest BCUT2D eigenvalue weighted by Crippen LogP contribution is -2.07. The summed E-state index contributed by atoms with van der Waals surface area (Å²) in [4.78, 5) is 14.8. The summed E-state index contributed by atoms with van der Waals surface area (Å²) < 4.78 is 5.35. The highest BCUT2D eigenvalue weighted by Crippen LogP contribution is 2.19. The van der Waals surface area contributed by atoms with Crippen LogP contribution in [-0.2, 0) is 0 Å². The molecule has 0 aliphatic carbocycles. The van der Waals surface area contributed by atoms with Gasteiger partial charge >= 0.3 is 5.97 Å². The molecule has 17 heavy (non-hydrogen) atoms. The number of aromatic carboxylic acids is 1. The van der Waals surface area contributed by atoms with Crippen molar-refractivity contribution < 1.29 is 14.6 Å².